The molecule has 0 aliphatic rings. The van der Waals surface area contributed by atoms with Crippen LogP contribution in [0.5, 0.6) is 0 Å². The maximum absolute atomic E-state index is 10.8. The van der Waals surface area contributed by atoms with E-state index >= 15 is 0 Å². The Bertz CT molecular complexity index is 389. The van der Waals surface area contributed by atoms with Crippen LogP contribution in [0.15, 0.2) is 43.0 Å². The van der Waals surface area contributed by atoms with E-state index < -0.39 is 5.97 Å². The van der Waals surface area contributed by atoms with Gasteiger partial charge in [-0.3, -0.25) is 9.69 Å². The number of benzene rings is 1. The van der Waals surface area contributed by atoms with Gasteiger partial charge >= 0.3 is 5.97 Å². The molecular weight excluding hydrogens is 226 g/mol. The number of aliphatic carboxylic acids is 1. The van der Waals surface area contributed by atoms with Gasteiger partial charge in [0.2, 0.25) is 0 Å². The lowest BCUT2D eigenvalue weighted by atomic mass is 10.0. The zero-order chi connectivity index (χ0) is 13.5. The molecule has 0 aromatic heterocycles. The maximum atomic E-state index is 10.8. The van der Waals surface area contributed by atoms with Gasteiger partial charge in [0.05, 0.1) is 6.42 Å². The number of hydrogen-bond donors (Lipinski definition) is 1. The highest BCUT2D eigenvalue weighted by Crippen LogP contribution is 2.23. The Balaban J connectivity index is 2.83. The van der Waals surface area contributed by atoms with E-state index in [1.165, 1.54) is 5.56 Å². The van der Waals surface area contributed by atoms with Crippen molar-refractivity contribution >= 4 is 5.97 Å². The summed E-state index contributed by atoms with van der Waals surface area (Å²) in [6, 6.07) is 10.3. The first-order chi connectivity index (χ1) is 8.56. The van der Waals surface area contributed by atoms with Crippen molar-refractivity contribution in [2.45, 2.75) is 32.4 Å². The first kappa shape index (κ1) is 14.5. The van der Waals surface area contributed by atoms with Crippen molar-refractivity contribution < 1.29 is 9.90 Å². The zero-order valence-electron chi connectivity index (χ0n) is 11.0. The van der Waals surface area contributed by atoms with Crippen LogP contribution in [0.3, 0.4) is 0 Å². The van der Waals surface area contributed by atoms with Gasteiger partial charge in [0.15, 0.2) is 0 Å². The third kappa shape index (κ3) is 4.00. The SMILES string of the molecule is C=CCN(C(C)CC(=O)O)C(C)c1ccccc1. The van der Waals surface area contributed by atoms with Crippen molar-refractivity contribution in [3.8, 4) is 0 Å². The van der Waals surface area contributed by atoms with Gasteiger partial charge in [-0.1, -0.05) is 36.4 Å². The largest absolute Gasteiger partial charge is 0.481 e. The van der Waals surface area contributed by atoms with Gasteiger partial charge in [-0.05, 0) is 19.4 Å². The van der Waals surface area contributed by atoms with Gasteiger partial charge in [0.25, 0.3) is 0 Å². The molecule has 2 atom stereocenters. The number of hydrogen-bond acceptors (Lipinski definition) is 2. The van der Waals surface area contributed by atoms with E-state index in [2.05, 4.69) is 30.5 Å². The number of nitrogens with zero attached hydrogens (tertiary/aromatic N) is 1. The van der Waals surface area contributed by atoms with Crippen molar-refractivity contribution in [3.05, 3.63) is 48.6 Å². The van der Waals surface area contributed by atoms with Crippen LogP contribution in [0.1, 0.15) is 31.9 Å². The van der Waals surface area contributed by atoms with Gasteiger partial charge in [-0.15, -0.1) is 6.58 Å². The van der Waals surface area contributed by atoms with Crippen LogP contribution >= 0.6 is 0 Å². The van der Waals surface area contributed by atoms with Gasteiger partial charge < -0.3 is 5.11 Å². The van der Waals surface area contributed by atoms with Crippen LogP contribution in [0, 0.1) is 0 Å². The quantitative estimate of drug-likeness (QED) is 0.753. The average molecular weight is 247 g/mol. The Morgan fingerprint density at radius 2 is 2.00 bits per heavy atom. The molecule has 1 rings (SSSR count). The Hall–Kier alpha value is -1.61. The lowest BCUT2D eigenvalue weighted by Gasteiger charge is -2.33. The Kier molecular flexibility index (Phi) is 5.59. The molecule has 0 bridgehead atoms. The van der Waals surface area contributed by atoms with E-state index in [9.17, 15) is 4.79 Å². The number of carboxylic acid groups (broad SMARTS) is 1. The molecule has 1 aromatic carbocycles. The summed E-state index contributed by atoms with van der Waals surface area (Å²) in [5.41, 5.74) is 1.19. The number of carbonyl (C=O) groups is 1. The highest BCUT2D eigenvalue weighted by molar-refractivity contribution is 5.67. The van der Waals surface area contributed by atoms with Crippen LogP contribution in [0.4, 0.5) is 0 Å². The standard InChI is InChI=1S/C15H21NO2/c1-4-10-16(12(2)11-15(17)18)13(3)14-8-6-5-7-9-14/h4-9,12-13H,1,10-11H2,2-3H3,(H,17,18). The summed E-state index contributed by atoms with van der Waals surface area (Å²) in [5.74, 6) is -0.767. The first-order valence-electron chi connectivity index (χ1n) is 6.19. The third-order valence-corrected chi connectivity index (χ3v) is 3.16. The second-order valence-electron chi connectivity index (χ2n) is 4.52. The average Bonchev–Trinajstić information content (AvgIpc) is 2.35. The molecule has 0 saturated carbocycles. The fourth-order valence-corrected chi connectivity index (χ4v) is 2.16. The minimum atomic E-state index is -0.767. The summed E-state index contributed by atoms with van der Waals surface area (Å²) >= 11 is 0. The monoisotopic (exact) mass is 247 g/mol. The van der Waals surface area contributed by atoms with Crippen LogP contribution in [-0.2, 0) is 4.79 Å². The summed E-state index contributed by atoms with van der Waals surface area (Å²) in [5, 5.41) is 8.90. The minimum absolute atomic E-state index is 0.0179. The molecule has 3 nitrogen and oxygen atoms in total. The summed E-state index contributed by atoms with van der Waals surface area (Å²) < 4.78 is 0. The van der Waals surface area contributed by atoms with Crippen LogP contribution in [0.25, 0.3) is 0 Å². The highest BCUT2D eigenvalue weighted by Gasteiger charge is 2.21. The molecule has 0 aliphatic carbocycles. The second-order valence-corrected chi connectivity index (χ2v) is 4.52. The smallest absolute Gasteiger partial charge is 0.304 e. The second kappa shape index (κ2) is 6.97. The summed E-state index contributed by atoms with van der Waals surface area (Å²) in [4.78, 5) is 13.0. The van der Waals surface area contributed by atoms with E-state index in [0.717, 1.165) is 0 Å². The van der Waals surface area contributed by atoms with Crippen molar-refractivity contribution in [1.82, 2.24) is 4.90 Å². The van der Waals surface area contributed by atoms with E-state index in [0.29, 0.717) is 6.54 Å². The van der Waals surface area contributed by atoms with Gasteiger partial charge in [-0.2, -0.15) is 0 Å². The van der Waals surface area contributed by atoms with Crippen molar-refractivity contribution in [2.75, 3.05) is 6.54 Å². The molecular formula is C15H21NO2. The number of rotatable bonds is 7. The number of carboxylic acids is 1. The predicted molar refractivity (Wildman–Crippen MR) is 73.5 cm³/mol. The predicted octanol–water partition coefficient (Wildman–Crippen LogP) is 3.10. The maximum Gasteiger partial charge on any atom is 0.304 e. The summed E-state index contributed by atoms with van der Waals surface area (Å²) in [6.07, 6.45) is 1.96. The van der Waals surface area contributed by atoms with Crippen LogP contribution in [0.2, 0.25) is 0 Å². The normalized spacial score (nSPS) is 14.2. The van der Waals surface area contributed by atoms with Crippen molar-refractivity contribution in [2.24, 2.45) is 0 Å². The van der Waals surface area contributed by atoms with Crippen LogP contribution < -0.4 is 0 Å². The molecule has 0 radical (unpaired) electrons. The van der Waals surface area contributed by atoms with Crippen molar-refractivity contribution in [3.63, 3.8) is 0 Å². The molecule has 1 aromatic rings. The van der Waals surface area contributed by atoms with E-state index in [1.807, 2.05) is 31.2 Å². The molecule has 0 amide bonds. The Labute approximate surface area is 109 Å². The molecule has 0 fully saturated rings. The fraction of sp³-hybridized carbons (Fsp3) is 0.400. The lowest BCUT2D eigenvalue weighted by Crippen LogP contribution is -2.37. The molecule has 0 heterocycles. The summed E-state index contributed by atoms with van der Waals surface area (Å²) in [6.45, 7) is 8.47. The Morgan fingerprint density at radius 3 is 2.50 bits per heavy atom. The molecule has 2 unspecified atom stereocenters. The third-order valence-electron chi connectivity index (χ3n) is 3.16. The molecule has 18 heavy (non-hydrogen) atoms. The molecule has 1 N–H and O–H groups in total. The van der Waals surface area contributed by atoms with Crippen LogP contribution in [-0.4, -0.2) is 28.6 Å². The molecule has 98 valence electrons. The lowest BCUT2D eigenvalue weighted by molar-refractivity contribution is -0.138. The molecule has 0 spiro atoms. The van der Waals surface area contributed by atoms with Gasteiger partial charge in [0, 0.05) is 18.6 Å². The minimum Gasteiger partial charge on any atom is -0.481 e. The molecule has 0 aliphatic heterocycles. The van der Waals surface area contributed by atoms with Crippen molar-refractivity contribution in [1.29, 1.82) is 0 Å². The molecule has 0 saturated heterocycles. The van der Waals surface area contributed by atoms with E-state index in [-0.39, 0.29) is 18.5 Å². The molecule has 3 heteroatoms. The first-order valence-corrected chi connectivity index (χ1v) is 6.19. The Morgan fingerprint density at radius 1 is 1.39 bits per heavy atom. The topological polar surface area (TPSA) is 40.5 Å². The van der Waals surface area contributed by atoms with E-state index in [1.54, 1.807) is 0 Å². The summed E-state index contributed by atoms with van der Waals surface area (Å²) in [7, 11) is 0. The fourth-order valence-electron chi connectivity index (χ4n) is 2.16. The van der Waals surface area contributed by atoms with Gasteiger partial charge in [0.1, 0.15) is 0 Å². The highest BCUT2D eigenvalue weighted by atomic mass is 16.4. The van der Waals surface area contributed by atoms with Gasteiger partial charge in [-0.25, -0.2) is 0 Å². The van der Waals surface area contributed by atoms with E-state index in [4.69, 9.17) is 5.11 Å². The zero-order valence-corrected chi connectivity index (χ0v) is 11.0.